The average Bonchev–Trinajstić information content (AvgIpc) is 2.66. The third-order valence-electron chi connectivity index (χ3n) is 3.16. The Labute approximate surface area is 106 Å². The Bertz CT molecular complexity index is 413. The fraction of sp³-hybridized carbons (Fsp3) is 0.700. The molecule has 1 saturated heterocycles. The summed E-state index contributed by atoms with van der Waals surface area (Å²) < 4.78 is 37.8. The van der Waals surface area contributed by atoms with Gasteiger partial charge in [-0.15, -0.1) is 11.3 Å². The molecule has 1 aliphatic heterocycles. The summed E-state index contributed by atoms with van der Waals surface area (Å²) in [4.78, 5) is 6.68. The maximum absolute atomic E-state index is 12.6. The van der Waals surface area contributed by atoms with E-state index in [0.29, 0.717) is 11.7 Å². The lowest BCUT2D eigenvalue weighted by atomic mass is 9.91. The molecule has 8 heteroatoms. The Morgan fingerprint density at radius 1 is 1.44 bits per heavy atom. The van der Waals surface area contributed by atoms with Gasteiger partial charge in [0.15, 0.2) is 10.7 Å². The van der Waals surface area contributed by atoms with Crippen LogP contribution in [0.4, 0.5) is 18.3 Å². The van der Waals surface area contributed by atoms with Gasteiger partial charge >= 0.3 is 6.18 Å². The molecule has 0 atom stereocenters. The molecule has 0 unspecified atom stereocenters. The molecule has 0 saturated carbocycles. The van der Waals surface area contributed by atoms with Crippen LogP contribution in [-0.4, -0.2) is 39.9 Å². The molecule has 4 nitrogen and oxygen atoms in total. The molecule has 0 bridgehead atoms. The lowest BCUT2D eigenvalue weighted by Crippen LogP contribution is -2.53. The van der Waals surface area contributed by atoms with Crippen LogP contribution in [-0.2, 0) is 6.54 Å². The Morgan fingerprint density at radius 2 is 2.06 bits per heavy atom. The minimum absolute atomic E-state index is 0.216. The van der Waals surface area contributed by atoms with Gasteiger partial charge in [0.25, 0.3) is 0 Å². The molecule has 1 aromatic heterocycles. The molecule has 3 N–H and O–H groups in total. The standard InChI is InChI=1S/C10H14F3N3OS/c11-10(12,13)9(17)1-3-16(4-2-9)6-7-5-15-8(14)18-7/h5,17H,1-4,6H2,(H2,14,15). The number of halogens is 3. The van der Waals surface area contributed by atoms with Gasteiger partial charge in [-0.2, -0.15) is 13.2 Å². The lowest BCUT2D eigenvalue weighted by Gasteiger charge is -2.38. The predicted molar refractivity (Wildman–Crippen MR) is 62.0 cm³/mol. The molecular formula is C10H14F3N3OS. The summed E-state index contributed by atoms with van der Waals surface area (Å²) in [5.74, 6) is 0. The first kappa shape index (κ1) is 13.6. The zero-order valence-electron chi connectivity index (χ0n) is 9.57. The predicted octanol–water partition coefficient (Wildman–Crippen LogP) is 1.61. The Hall–Kier alpha value is -0.860. The van der Waals surface area contributed by atoms with Gasteiger partial charge < -0.3 is 10.8 Å². The number of aromatic nitrogens is 1. The first-order valence-corrected chi connectivity index (χ1v) is 6.33. The Morgan fingerprint density at radius 3 is 2.50 bits per heavy atom. The van der Waals surface area contributed by atoms with Crippen LogP contribution < -0.4 is 5.73 Å². The molecule has 18 heavy (non-hydrogen) atoms. The molecule has 102 valence electrons. The SMILES string of the molecule is Nc1ncc(CN2CCC(O)(C(F)(F)F)CC2)s1. The van der Waals surface area contributed by atoms with E-state index in [-0.39, 0.29) is 25.9 Å². The number of thiazole rings is 1. The second-order valence-corrected chi connectivity index (χ2v) is 5.62. The summed E-state index contributed by atoms with van der Waals surface area (Å²) in [6.07, 6.45) is -3.49. The monoisotopic (exact) mass is 281 g/mol. The van der Waals surface area contributed by atoms with Gasteiger partial charge in [0, 0.05) is 30.7 Å². The lowest BCUT2D eigenvalue weighted by molar-refractivity contribution is -0.272. The van der Waals surface area contributed by atoms with E-state index in [9.17, 15) is 18.3 Å². The molecule has 0 aromatic carbocycles. The molecular weight excluding hydrogens is 267 g/mol. The number of piperidine rings is 1. The van der Waals surface area contributed by atoms with Crippen molar-refractivity contribution in [2.75, 3.05) is 18.8 Å². The Kier molecular flexibility index (Phi) is 3.52. The van der Waals surface area contributed by atoms with Crippen molar-refractivity contribution < 1.29 is 18.3 Å². The van der Waals surface area contributed by atoms with Gasteiger partial charge in [-0.05, 0) is 12.8 Å². The molecule has 0 aliphatic carbocycles. The summed E-state index contributed by atoms with van der Waals surface area (Å²) in [5.41, 5.74) is 2.95. The van der Waals surface area contributed by atoms with E-state index in [2.05, 4.69) is 4.98 Å². The maximum atomic E-state index is 12.6. The topological polar surface area (TPSA) is 62.4 Å². The molecule has 0 spiro atoms. The number of aliphatic hydroxyl groups is 1. The van der Waals surface area contributed by atoms with E-state index in [0.717, 1.165) is 4.88 Å². The quantitative estimate of drug-likeness (QED) is 0.864. The van der Waals surface area contributed by atoms with Crippen LogP contribution in [0.15, 0.2) is 6.20 Å². The first-order valence-electron chi connectivity index (χ1n) is 5.52. The zero-order chi connectivity index (χ0) is 13.4. The average molecular weight is 281 g/mol. The number of hydrogen-bond acceptors (Lipinski definition) is 5. The van der Waals surface area contributed by atoms with Crippen molar-refractivity contribution in [2.45, 2.75) is 31.2 Å². The van der Waals surface area contributed by atoms with E-state index >= 15 is 0 Å². The Balaban J connectivity index is 1.91. The highest BCUT2D eigenvalue weighted by Gasteiger charge is 2.54. The first-order chi connectivity index (χ1) is 8.30. The molecule has 1 fully saturated rings. The molecule has 2 rings (SSSR count). The second kappa shape index (κ2) is 4.67. The largest absolute Gasteiger partial charge is 0.417 e. The number of nitrogens with two attached hydrogens (primary N) is 1. The number of nitrogens with zero attached hydrogens (tertiary/aromatic N) is 2. The highest BCUT2D eigenvalue weighted by atomic mass is 32.1. The van der Waals surface area contributed by atoms with Crippen LogP contribution in [0.1, 0.15) is 17.7 Å². The highest BCUT2D eigenvalue weighted by Crippen LogP contribution is 2.38. The number of hydrogen-bond donors (Lipinski definition) is 2. The van der Waals surface area contributed by atoms with E-state index in [4.69, 9.17) is 5.73 Å². The smallest absolute Gasteiger partial charge is 0.380 e. The van der Waals surface area contributed by atoms with Crippen LogP contribution in [0.3, 0.4) is 0 Å². The van der Waals surface area contributed by atoms with Gasteiger partial charge in [-0.3, -0.25) is 4.90 Å². The fourth-order valence-electron chi connectivity index (χ4n) is 1.98. The van der Waals surface area contributed by atoms with Crippen molar-refractivity contribution in [1.82, 2.24) is 9.88 Å². The second-order valence-electron chi connectivity index (χ2n) is 4.47. The van der Waals surface area contributed by atoms with Gasteiger partial charge in [0.2, 0.25) is 0 Å². The van der Waals surface area contributed by atoms with Crippen molar-refractivity contribution in [3.8, 4) is 0 Å². The maximum Gasteiger partial charge on any atom is 0.417 e. The number of likely N-dealkylation sites (tertiary alicyclic amines) is 1. The number of rotatable bonds is 2. The third-order valence-corrected chi connectivity index (χ3v) is 3.97. The van der Waals surface area contributed by atoms with Crippen LogP contribution in [0.25, 0.3) is 0 Å². The van der Waals surface area contributed by atoms with Crippen molar-refractivity contribution in [3.63, 3.8) is 0 Å². The highest BCUT2D eigenvalue weighted by molar-refractivity contribution is 7.15. The van der Waals surface area contributed by atoms with Crippen LogP contribution in [0, 0.1) is 0 Å². The minimum Gasteiger partial charge on any atom is -0.380 e. The van der Waals surface area contributed by atoms with E-state index < -0.39 is 11.8 Å². The number of nitrogen functional groups attached to an aromatic ring is 1. The third kappa shape index (κ3) is 2.76. The van der Waals surface area contributed by atoms with Crippen LogP contribution >= 0.6 is 11.3 Å². The van der Waals surface area contributed by atoms with Crippen molar-refractivity contribution in [3.05, 3.63) is 11.1 Å². The summed E-state index contributed by atoms with van der Waals surface area (Å²) >= 11 is 1.33. The fourth-order valence-corrected chi connectivity index (χ4v) is 2.71. The van der Waals surface area contributed by atoms with Crippen molar-refractivity contribution in [2.24, 2.45) is 0 Å². The van der Waals surface area contributed by atoms with Crippen molar-refractivity contribution in [1.29, 1.82) is 0 Å². The van der Waals surface area contributed by atoms with Crippen LogP contribution in [0.2, 0.25) is 0 Å². The molecule has 0 amide bonds. The number of anilines is 1. The van der Waals surface area contributed by atoms with Crippen molar-refractivity contribution >= 4 is 16.5 Å². The zero-order valence-corrected chi connectivity index (χ0v) is 10.4. The molecule has 0 radical (unpaired) electrons. The molecule has 2 heterocycles. The van der Waals surface area contributed by atoms with Crippen LogP contribution in [0.5, 0.6) is 0 Å². The molecule has 1 aromatic rings. The summed E-state index contributed by atoms with van der Waals surface area (Å²) in [5, 5.41) is 9.97. The van der Waals surface area contributed by atoms with E-state index in [1.54, 1.807) is 6.20 Å². The van der Waals surface area contributed by atoms with Gasteiger partial charge in [0.05, 0.1) is 0 Å². The molecule has 1 aliphatic rings. The number of alkyl halides is 3. The summed E-state index contributed by atoms with van der Waals surface area (Å²) in [6.45, 7) is 0.963. The summed E-state index contributed by atoms with van der Waals surface area (Å²) in [7, 11) is 0. The van der Waals surface area contributed by atoms with E-state index in [1.807, 2.05) is 4.90 Å². The summed E-state index contributed by atoms with van der Waals surface area (Å²) in [6, 6.07) is 0. The minimum atomic E-state index is -4.55. The normalized spacial score (nSPS) is 21.1. The van der Waals surface area contributed by atoms with Gasteiger partial charge in [0.1, 0.15) is 0 Å². The van der Waals surface area contributed by atoms with E-state index in [1.165, 1.54) is 11.3 Å². The van der Waals surface area contributed by atoms with Gasteiger partial charge in [-0.1, -0.05) is 0 Å². The van der Waals surface area contributed by atoms with Gasteiger partial charge in [-0.25, -0.2) is 4.98 Å².